The maximum Gasteiger partial charge on any atom is 0.261 e. The Balaban J connectivity index is 1.57. The topological polar surface area (TPSA) is 57.7 Å². The van der Waals surface area contributed by atoms with Gasteiger partial charge in [-0.25, -0.2) is 0 Å². The van der Waals surface area contributed by atoms with E-state index in [4.69, 9.17) is 0 Å². The fraction of sp³-hybridized carbons (Fsp3) is 0.316. The number of benzene rings is 1. The van der Waals surface area contributed by atoms with E-state index in [1.54, 1.807) is 30.3 Å². The molecule has 0 unspecified atom stereocenters. The zero-order chi connectivity index (χ0) is 16.7. The second-order valence-corrected chi connectivity index (χ2v) is 6.42. The number of nitrogens with zero attached hydrogens (tertiary/aromatic N) is 2. The van der Waals surface area contributed by atoms with Gasteiger partial charge in [-0.1, -0.05) is 24.3 Å². The van der Waals surface area contributed by atoms with Crippen molar-refractivity contribution < 1.29 is 14.4 Å². The van der Waals surface area contributed by atoms with Crippen LogP contribution >= 0.6 is 0 Å². The second-order valence-electron chi connectivity index (χ2n) is 6.42. The molecule has 0 bridgehead atoms. The molecule has 3 amide bonds. The van der Waals surface area contributed by atoms with Crippen LogP contribution in [0.1, 0.15) is 40.0 Å². The number of amides is 3. The molecule has 1 saturated heterocycles. The van der Waals surface area contributed by atoms with Crippen LogP contribution in [-0.4, -0.2) is 46.7 Å². The molecule has 1 atom stereocenters. The van der Waals surface area contributed by atoms with Gasteiger partial charge in [-0.05, 0) is 37.0 Å². The molecule has 1 fully saturated rings. The fourth-order valence-corrected chi connectivity index (χ4v) is 3.66. The third-order valence-electron chi connectivity index (χ3n) is 4.89. The van der Waals surface area contributed by atoms with E-state index in [1.807, 2.05) is 11.0 Å². The van der Waals surface area contributed by atoms with Crippen molar-refractivity contribution in [2.45, 2.75) is 25.3 Å². The predicted octanol–water partition coefficient (Wildman–Crippen LogP) is 2.16. The summed E-state index contributed by atoms with van der Waals surface area (Å²) in [5.74, 6) is -0.587. The summed E-state index contributed by atoms with van der Waals surface area (Å²) < 4.78 is 0. The van der Waals surface area contributed by atoms with Gasteiger partial charge < -0.3 is 4.90 Å². The normalized spacial score (nSPS) is 26.6. The second kappa shape index (κ2) is 5.74. The minimum absolute atomic E-state index is 0.0199. The lowest BCUT2D eigenvalue weighted by atomic mass is 10.1. The SMILES string of the molecule is O=C1c2ccccc2C(=O)N1C/C1=C/C(=O)N2CCC[C@H]2/C=C\C1. The highest BCUT2D eigenvalue weighted by Crippen LogP contribution is 2.26. The Kier molecular flexibility index (Phi) is 3.56. The van der Waals surface area contributed by atoms with Crippen LogP contribution in [0.5, 0.6) is 0 Å². The van der Waals surface area contributed by atoms with Gasteiger partial charge in [0.05, 0.1) is 23.7 Å². The van der Waals surface area contributed by atoms with Crippen molar-refractivity contribution in [2.75, 3.05) is 13.1 Å². The molecule has 0 radical (unpaired) electrons. The molecule has 122 valence electrons. The van der Waals surface area contributed by atoms with Crippen LogP contribution in [0.2, 0.25) is 0 Å². The van der Waals surface area contributed by atoms with Gasteiger partial charge in [-0.2, -0.15) is 0 Å². The molecule has 0 spiro atoms. The first-order valence-corrected chi connectivity index (χ1v) is 8.27. The number of hydrogen-bond acceptors (Lipinski definition) is 3. The van der Waals surface area contributed by atoms with Crippen molar-refractivity contribution in [1.29, 1.82) is 0 Å². The predicted molar refractivity (Wildman–Crippen MR) is 88.4 cm³/mol. The van der Waals surface area contributed by atoms with Gasteiger partial charge in [0.15, 0.2) is 0 Å². The Hall–Kier alpha value is -2.69. The number of carbonyl (C=O) groups is 3. The van der Waals surface area contributed by atoms with E-state index in [-0.39, 0.29) is 30.3 Å². The molecule has 1 aromatic rings. The first kappa shape index (κ1) is 14.9. The van der Waals surface area contributed by atoms with Crippen LogP contribution in [-0.2, 0) is 4.79 Å². The summed E-state index contributed by atoms with van der Waals surface area (Å²) in [6.45, 7) is 0.936. The van der Waals surface area contributed by atoms with Crippen molar-refractivity contribution in [2.24, 2.45) is 0 Å². The summed E-state index contributed by atoms with van der Waals surface area (Å²) >= 11 is 0. The van der Waals surface area contributed by atoms with Crippen LogP contribution in [0.4, 0.5) is 0 Å². The molecule has 3 aliphatic heterocycles. The summed E-state index contributed by atoms with van der Waals surface area (Å²) in [5.41, 5.74) is 1.67. The highest BCUT2D eigenvalue weighted by atomic mass is 16.2. The lowest BCUT2D eigenvalue weighted by Crippen LogP contribution is -2.36. The lowest BCUT2D eigenvalue weighted by molar-refractivity contribution is -0.126. The number of imide groups is 1. The third-order valence-corrected chi connectivity index (χ3v) is 4.89. The summed E-state index contributed by atoms with van der Waals surface area (Å²) in [4.78, 5) is 40.5. The molecule has 3 heterocycles. The number of allylic oxidation sites excluding steroid dienone is 1. The van der Waals surface area contributed by atoms with Crippen molar-refractivity contribution >= 4 is 17.7 Å². The molecule has 1 aromatic carbocycles. The molecule has 0 aromatic heterocycles. The van der Waals surface area contributed by atoms with Crippen molar-refractivity contribution in [3.05, 3.63) is 59.2 Å². The molecular formula is C19H18N2O3. The van der Waals surface area contributed by atoms with Gasteiger partial charge in [0.25, 0.3) is 11.8 Å². The monoisotopic (exact) mass is 322 g/mol. The third kappa shape index (κ3) is 2.37. The smallest absolute Gasteiger partial charge is 0.261 e. The highest BCUT2D eigenvalue weighted by Gasteiger charge is 2.35. The molecule has 0 aliphatic carbocycles. The van der Waals surface area contributed by atoms with Crippen LogP contribution in [0.15, 0.2) is 48.1 Å². The Labute approximate surface area is 140 Å². The van der Waals surface area contributed by atoms with Gasteiger partial charge in [0.2, 0.25) is 5.91 Å². The van der Waals surface area contributed by atoms with Crippen LogP contribution < -0.4 is 0 Å². The minimum Gasteiger partial charge on any atom is -0.333 e. The van der Waals surface area contributed by atoms with Gasteiger partial charge in [-0.3, -0.25) is 19.3 Å². The van der Waals surface area contributed by atoms with E-state index < -0.39 is 0 Å². The number of hydrogen-bond donors (Lipinski definition) is 0. The van der Waals surface area contributed by atoms with Crippen molar-refractivity contribution in [3.8, 4) is 0 Å². The maximum atomic E-state index is 12.5. The highest BCUT2D eigenvalue weighted by molar-refractivity contribution is 6.21. The van der Waals surface area contributed by atoms with Gasteiger partial charge in [0.1, 0.15) is 0 Å². The van der Waals surface area contributed by atoms with E-state index in [0.29, 0.717) is 17.5 Å². The fourth-order valence-electron chi connectivity index (χ4n) is 3.66. The summed E-state index contributed by atoms with van der Waals surface area (Å²) in [6.07, 6.45) is 8.32. The summed E-state index contributed by atoms with van der Waals surface area (Å²) in [6, 6.07) is 7.03. The molecule has 5 nitrogen and oxygen atoms in total. The molecular weight excluding hydrogens is 304 g/mol. The van der Waals surface area contributed by atoms with Crippen molar-refractivity contribution in [1.82, 2.24) is 9.80 Å². The number of carbonyl (C=O) groups excluding carboxylic acids is 3. The molecule has 0 saturated carbocycles. The van der Waals surface area contributed by atoms with E-state index in [9.17, 15) is 14.4 Å². The zero-order valence-electron chi connectivity index (χ0n) is 13.3. The molecule has 24 heavy (non-hydrogen) atoms. The van der Waals surface area contributed by atoms with E-state index in [2.05, 4.69) is 6.08 Å². The average Bonchev–Trinajstić information content (AvgIpc) is 3.12. The van der Waals surface area contributed by atoms with E-state index in [0.717, 1.165) is 25.0 Å². The van der Waals surface area contributed by atoms with E-state index >= 15 is 0 Å². The van der Waals surface area contributed by atoms with Crippen LogP contribution in [0.3, 0.4) is 0 Å². The Morgan fingerprint density at radius 1 is 1.04 bits per heavy atom. The van der Waals surface area contributed by atoms with Crippen molar-refractivity contribution in [3.63, 3.8) is 0 Å². The standard InChI is InChI=1S/C19H18N2O3/c22-17-11-13(5-3-6-14-7-4-10-20(14)17)12-21-18(23)15-8-1-2-9-16(15)19(21)24/h1-3,6,8-9,11,14H,4-5,7,10,12H2/b6-3-,13-11+/t14-/m1/s1. The first-order chi connectivity index (χ1) is 11.6. The maximum absolute atomic E-state index is 12.5. The lowest BCUT2D eigenvalue weighted by Gasteiger charge is -2.24. The summed E-state index contributed by atoms with van der Waals surface area (Å²) in [5, 5.41) is 0. The van der Waals surface area contributed by atoms with E-state index in [1.165, 1.54) is 4.90 Å². The Morgan fingerprint density at radius 3 is 2.46 bits per heavy atom. The zero-order valence-corrected chi connectivity index (χ0v) is 13.3. The summed E-state index contributed by atoms with van der Waals surface area (Å²) in [7, 11) is 0. The quantitative estimate of drug-likeness (QED) is 0.619. The van der Waals surface area contributed by atoms with Gasteiger partial charge >= 0.3 is 0 Å². The first-order valence-electron chi connectivity index (χ1n) is 8.27. The minimum atomic E-state index is -0.283. The van der Waals surface area contributed by atoms with Gasteiger partial charge in [0, 0.05) is 12.6 Å². The average molecular weight is 322 g/mol. The molecule has 4 rings (SSSR count). The Morgan fingerprint density at radius 2 is 1.75 bits per heavy atom. The molecule has 3 aliphatic rings. The van der Waals surface area contributed by atoms with Crippen LogP contribution in [0.25, 0.3) is 0 Å². The number of rotatable bonds is 2. The molecule has 5 heteroatoms. The number of fused-ring (bicyclic) bond motifs is 2. The van der Waals surface area contributed by atoms with Gasteiger partial charge in [-0.15, -0.1) is 0 Å². The van der Waals surface area contributed by atoms with Crippen LogP contribution in [0, 0.1) is 0 Å². The largest absolute Gasteiger partial charge is 0.333 e. The Bertz CT molecular complexity index is 759. The molecule has 0 N–H and O–H groups in total.